The fraction of sp³-hybridized carbons (Fsp3) is 0.231. The zero-order valence-electron chi connectivity index (χ0n) is 9.43. The van der Waals surface area contributed by atoms with Crippen LogP contribution in [0.4, 0.5) is 5.69 Å². The fourth-order valence-electron chi connectivity index (χ4n) is 1.27. The Hall–Kier alpha value is -1.70. The SMILES string of the molecule is C=C(NC)C(=C)Nc1cccc(CC)c1. The van der Waals surface area contributed by atoms with Gasteiger partial charge < -0.3 is 10.6 Å². The highest BCUT2D eigenvalue weighted by molar-refractivity contribution is 5.53. The van der Waals surface area contributed by atoms with E-state index in [0.717, 1.165) is 23.5 Å². The molecule has 1 rings (SSSR count). The zero-order chi connectivity index (χ0) is 11.3. The number of likely N-dealkylation sites (N-methyl/N-ethyl adjacent to an activating group) is 1. The molecule has 0 radical (unpaired) electrons. The first-order chi connectivity index (χ1) is 7.17. The van der Waals surface area contributed by atoms with Crippen LogP contribution < -0.4 is 10.6 Å². The summed E-state index contributed by atoms with van der Waals surface area (Å²) < 4.78 is 0. The third kappa shape index (κ3) is 3.17. The number of nitrogens with one attached hydrogen (secondary N) is 2. The van der Waals surface area contributed by atoms with E-state index in [0.29, 0.717) is 0 Å². The summed E-state index contributed by atoms with van der Waals surface area (Å²) in [5.41, 5.74) is 3.96. The van der Waals surface area contributed by atoms with Crippen LogP contribution in [0.5, 0.6) is 0 Å². The van der Waals surface area contributed by atoms with Gasteiger partial charge in [-0.3, -0.25) is 0 Å². The molecule has 0 saturated carbocycles. The van der Waals surface area contributed by atoms with Gasteiger partial charge in [0.05, 0.1) is 5.70 Å². The lowest BCUT2D eigenvalue weighted by Crippen LogP contribution is -2.11. The van der Waals surface area contributed by atoms with Crippen molar-refractivity contribution in [2.45, 2.75) is 13.3 Å². The van der Waals surface area contributed by atoms with Gasteiger partial charge in [-0.2, -0.15) is 0 Å². The predicted octanol–water partition coefficient (Wildman–Crippen LogP) is 2.91. The van der Waals surface area contributed by atoms with E-state index in [9.17, 15) is 0 Å². The molecule has 0 bridgehead atoms. The van der Waals surface area contributed by atoms with Gasteiger partial charge in [-0.25, -0.2) is 0 Å². The molecular formula is C13H18N2. The average molecular weight is 202 g/mol. The summed E-state index contributed by atoms with van der Waals surface area (Å²) in [4.78, 5) is 0. The molecule has 0 saturated heterocycles. The molecular weight excluding hydrogens is 184 g/mol. The molecule has 1 aromatic rings. The van der Waals surface area contributed by atoms with Crippen molar-refractivity contribution >= 4 is 5.69 Å². The normalized spacial score (nSPS) is 9.47. The number of hydrogen-bond acceptors (Lipinski definition) is 2. The number of hydrogen-bond donors (Lipinski definition) is 2. The van der Waals surface area contributed by atoms with E-state index in [2.05, 4.69) is 42.8 Å². The van der Waals surface area contributed by atoms with E-state index in [4.69, 9.17) is 0 Å². The Morgan fingerprint density at radius 3 is 2.60 bits per heavy atom. The quantitative estimate of drug-likeness (QED) is 0.717. The highest BCUT2D eigenvalue weighted by atomic mass is 15.0. The molecule has 80 valence electrons. The molecule has 0 fully saturated rings. The largest absolute Gasteiger partial charge is 0.387 e. The first kappa shape index (κ1) is 11.4. The van der Waals surface area contributed by atoms with Crippen LogP contribution in [0.3, 0.4) is 0 Å². The molecule has 0 amide bonds. The zero-order valence-corrected chi connectivity index (χ0v) is 9.43. The summed E-state index contributed by atoms with van der Waals surface area (Å²) in [7, 11) is 1.83. The van der Waals surface area contributed by atoms with Crippen LogP contribution in [0.15, 0.2) is 48.8 Å². The molecule has 0 aliphatic carbocycles. The Morgan fingerprint density at radius 2 is 2.00 bits per heavy atom. The lowest BCUT2D eigenvalue weighted by Gasteiger charge is -2.12. The molecule has 2 N–H and O–H groups in total. The van der Waals surface area contributed by atoms with Crippen molar-refractivity contribution < 1.29 is 0 Å². The molecule has 2 heteroatoms. The molecule has 0 unspecified atom stereocenters. The highest BCUT2D eigenvalue weighted by Gasteiger charge is 1.98. The van der Waals surface area contributed by atoms with E-state index < -0.39 is 0 Å². The van der Waals surface area contributed by atoms with Gasteiger partial charge in [-0.15, -0.1) is 0 Å². The van der Waals surface area contributed by atoms with Gasteiger partial charge in [0.1, 0.15) is 0 Å². The predicted molar refractivity (Wildman–Crippen MR) is 66.8 cm³/mol. The van der Waals surface area contributed by atoms with Crippen molar-refractivity contribution in [1.82, 2.24) is 5.32 Å². The topological polar surface area (TPSA) is 24.1 Å². The Morgan fingerprint density at radius 1 is 1.27 bits per heavy atom. The second kappa shape index (κ2) is 5.25. The molecule has 1 aromatic carbocycles. The molecule has 0 atom stereocenters. The Balaban J connectivity index is 2.72. The van der Waals surface area contributed by atoms with Crippen molar-refractivity contribution in [3.63, 3.8) is 0 Å². The average Bonchev–Trinajstić information content (AvgIpc) is 2.28. The van der Waals surface area contributed by atoms with Crippen molar-refractivity contribution in [2.75, 3.05) is 12.4 Å². The summed E-state index contributed by atoms with van der Waals surface area (Å²) in [6.07, 6.45) is 1.04. The maximum absolute atomic E-state index is 3.90. The van der Waals surface area contributed by atoms with Crippen LogP contribution in [0, 0.1) is 0 Å². The Labute approximate surface area is 91.7 Å². The van der Waals surface area contributed by atoms with Gasteiger partial charge in [0, 0.05) is 18.4 Å². The Bertz CT molecular complexity index is 367. The molecule has 0 aliphatic rings. The fourth-order valence-corrected chi connectivity index (χ4v) is 1.27. The minimum atomic E-state index is 0.797. The Kier molecular flexibility index (Phi) is 3.98. The summed E-state index contributed by atoms with van der Waals surface area (Å²) in [5.74, 6) is 0. The second-order valence-electron chi connectivity index (χ2n) is 3.39. The summed E-state index contributed by atoms with van der Waals surface area (Å²) >= 11 is 0. The van der Waals surface area contributed by atoms with E-state index in [1.54, 1.807) is 0 Å². The lowest BCUT2D eigenvalue weighted by atomic mass is 10.1. The number of rotatable bonds is 5. The van der Waals surface area contributed by atoms with Crippen molar-refractivity contribution in [2.24, 2.45) is 0 Å². The summed E-state index contributed by atoms with van der Waals surface area (Å²) in [6.45, 7) is 9.88. The molecule has 15 heavy (non-hydrogen) atoms. The van der Waals surface area contributed by atoms with Crippen LogP contribution in [0.25, 0.3) is 0 Å². The van der Waals surface area contributed by atoms with Crippen LogP contribution in [-0.4, -0.2) is 7.05 Å². The van der Waals surface area contributed by atoms with Gasteiger partial charge in [-0.05, 0) is 24.1 Å². The number of anilines is 1. The maximum Gasteiger partial charge on any atom is 0.0540 e. The van der Waals surface area contributed by atoms with Crippen molar-refractivity contribution in [1.29, 1.82) is 0 Å². The summed E-state index contributed by atoms with van der Waals surface area (Å²) in [6, 6.07) is 8.29. The maximum atomic E-state index is 3.90. The van der Waals surface area contributed by atoms with Crippen molar-refractivity contribution in [3.05, 3.63) is 54.4 Å². The van der Waals surface area contributed by atoms with Gasteiger partial charge >= 0.3 is 0 Å². The highest BCUT2D eigenvalue weighted by Crippen LogP contribution is 2.14. The molecule has 0 spiro atoms. The number of benzene rings is 1. The smallest absolute Gasteiger partial charge is 0.0540 e. The minimum Gasteiger partial charge on any atom is -0.387 e. The monoisotopic (exact) mass is 202 g/mol. The van der Waals surface area contributed by atoms with Crippen LogP contribution in [0.2, 0.25) is 0 Å². The van der Waals surface area contributed by atoms with Gasteiger partial charge in [-0.1, -0.05) is 32.2 Å². The molecule has 2 nitrogen and oxygen atoms in total. The van der Waals surface area contributed by atoms with E-state index in [1.807, 2.05) is 19.2 Å². The van der Waals surface area contributed by atoms with Gasteiger partial charge in [0.2, 0.25) is 0 Å². The third-order valence-corrected chi connectivity index (χ3v) is 2.30. The number of aryl methyl sites for hydroxylation is 1. The molecule has 0 heterocycles. The minimum absolute atomic E-state index is 0.797. The summed E-state index contributed by atoms with van der Waals surface area (Å²) in [5, 5.41) is 6.17. The van der Waals surface area contributed by atoms with E-state index in [-0.39, 0.29) is 0 Å². The van der Waals surface area contributed by atoms with Crippen molar-refractivity contribution in [3.8, 4) is 0 Å². The van der Waals surface area contributed by atoms with Gasteiger partial charge in [0.25, 0.3) is 0 Å². The van der Waals surface area contributed by atoms with Crippen LogP contribution in [0.1, 0.15) is 12.5 Å². The third-order valence-electron chi connectivity index (χ3n) is 2.30. The second-order valence-corrected chi connectivity index (χ2v) is 3.39. The first-order valence-corrected chi connectivity index (χ1v) is 5.09. The van der Waals surface area contributed by atoms with Gasteiger partial charge in [0.15, 0.2) is 0 Å². The van der Waals surface area contributed by atoms with E-state index >= 15 is 0 Å². The molecule has 0 aliphatic heterocycles. The van der Waals surface area contributed by atoms with E-state index in [1.165, 1.54) is 5.56 Å². The standard InChI is InChI=1S/C13H18N2/c1-5-12-7-6-8-13(9-12)15-11(3)10(2)14-4/h6-9,14-15H,2-3,5H2,1,4H3. The van der Waals surface area contributed by atoms with Crippen LogP contribution in [-0.2, 0) is 6.42 Å². The lowest BCUT2D eigenvalue weighted by molar-refractivity contribution is 1.01. The van der Waals surface area contributed by atoms with Crippen LogP contribution >= 0.6 is 0 Å². The first-order valence-electron chi connectivity index (χ1n) is 5.09. The molecule has 0 aromatic heterocycles.